The van der Waals surface area contributed by atoms with Crippen LogP contribution in [-0.4, -0.2) is 36.6 Å². The second-order valence-electron chi connectivity index (χ2n) is 4.56. The highest BCUT2D eigenvalue weighted by atomic mass is 16.2. The van der Waals surface area contributed by atoms with Gasteiger partial charge in [-0.2, -0.15) is 0 Å². The van der Waals surface area contributed by atoms with Crippen LogP contribution in [0.4, 0.5) is 10.5 Å². The summed E-state index contributed by atoms with van der Waals surface area (Å²) in [6.45, 7) is 6.29. The minimum Gasteiger partial charge on any atom is -0.383 e. The lowest BCUT2D eigenvalue weighted by molar-refractivity contribution is 0.199. The molecule has 1 aromatic rings. The molecule has 0 saturated carbocycles. The van der Waals surface area contributed by atoms with E-state index >= 15 is 0 Å². The molecule has 2 amide bonds. The molecule has 0 radical (unpaired) electrons. The Morgan fingerprint density at radius 1 is 1.39 bits per heavy atom. The Balaban J connectivity index is 1.95. The number of nitrogens with one attached hydrogen (secondary N) is 2. The number of urea groups is 1. The summed E-state index contributed by atoms with van der Waals surface area (Å²) in [4.78, 5) is 13.8. The molecule has 1 aliphatic heterocycles. The van der Waals surface area contributed by atoms with Crippen LogP contribution >= 0.6 is 0 Å². The lowest BCUT2D eigenvalue weighted by Gasteiger charge is -2.29. The van der Waals surface area contributed by atoms with E-state index in [2.05, 4.69) is 22.8 Å². The zero-order valence-corrected chi connectivity index (χ0v) is 11.1. The molecule has 2 N–H and O–H groups in total. The number of carbonyl (C=O) groups excluding carboxylic acids is 1. The van der Waals surface area contributed by atoms with Crippen molar-refractivity contribution in [3.05, 3.63) is 29.8 Å². The fraction of sp³-hybridized carbons (Fsp3) is 0.500. The quantitative estimate of drug-likeness (QED) is 0.859. The molecule has 0 bridgehead atoms. The van der Waals surface area contributed by atoms with E-state index in [1.165, 1.54) is 11.3 Å². The Bertz CT molecular complexity index is 415. The van der Waals surface area contributed by atoms with Crippen LogP contribution in [0.5, 0.6) is 0 Å². The molecule has 2 rings (SSSR count). The van der Waals surface area contributed by atoms with Crippen LogP contribution in [0, 0.1) is 0 Å². The van der Waals surface area contributed by atoms with Crippen molar-refractivity contribution in [2.45, 2.75) is 26.3 Å². The van der Waals surface area contributed by atoms with E-state index in [9.17, 15) is 4.79 Å². The van der Waals surface area contributed by atoms with Crippen LogP contribution in [0.1, 0.15) is 19.4 Å². The molecule has 0 spiro atoms. The number of amides is 2. The number of nitrogens with zero attached hydrogens (tertiary/aromatic N) is 1. The number of anilines is 1. The van der Waals surface area contributed by atoms with Gasteiger partial charge in [0.2, 0.25) is 0 Å². The Morgan fingerprint density at radius 2 is 2.11 bits per heavy atom. The summed E-state index contributed by atoms with van der Waals surface area (Å²) in [5.41, 5.74) is 2.46. The van der Waals surface area contributed by atoms with Gasteiger partial charge in [-0.1, -0.05) is 18.2 Å². The highest BCUT2D eigenvalue weighted by molar-refractivity contribution is 5.74. The summed E-state index contributed by atoms with van der Waals surface area (Å²) in [7, 11) is 0. The van der Waals surface area contributed by atoms with Crippen molar-refractivity contribution >= 4 is 11.7 Å². The van der Waals surface area contributed by atoms with Crippen molar-refractivity contribution in [3.8, 4) is 0 Å². The Labute approximate surface area is 108 Å². The second-order valence-corrected chi connectivity index (χ2v) is 4.56. The molecule has 18 heavy (non-hydrogen) atoms. The normalized spacial score (nSPS) is 17.6. The Hall–Kier alpha value is -1.71. The van der Waals surface area contributed by atoms with Gasteiger partial charge in [0, 0.05) is 25.3 Å². The van der Waals surface area contributed by atoms with Gasteiger partial charge in [-0.15, -0.1) is 0 Å². The van der Waals surface area contributed by atoms with Gasteiger partial charge in [0.25, 0.3) is 0 Å². The fourth-order valence-electron chi connectivity index (χ4n) is 2.32. The first kappa shape index (κ1) is 12.7. The molecule has 4 nitrogen and oxygen atoms in total. The topological polar surface area (TPSA) is 44.4 Å². The van der Waals surface area contributed by atoms with Gasteiger partial charge < -0.3 is 15.5 Å². The monoisotopic (exact) mass is 247 g/mol. The zero-order chi connectivity index (χ0) is 13.0. The molecule has 1 atom stereocenters. The summed E-state index contributed by atoms with van der Waals surface area (Å²) in [6.07, 6.45) is 0.899. The first-order valence-electron chi connectivity index (χ1n) is 6.61. The van der Waals surface area contributed by atoms with Crippen molar-refractivity contribution in [3.63, 3.8) is 0 Å². The van der Waals surface area contributed by atoms with E-state index in [-0.39, 0.29) is 12.1 Å². The average Bonchev–Trinajstić information content (AvgIpc) is 2.40. The summed E-state index contributed by atoms with van der Waals surface area (Å²) in [5, 5.41) is 6.45. The molecule has 0 aromatic heterocycles. The number of hydrogen-bond donors (Lipinski definition) is 2. The minimum absolute atomic E-state index is 0.0335. The van der Waals surface area contributed by atoms with E-state index in [0.29, 0.717) is 0 Å². The van der Waals surface area contributed by atoms with E-state index in [4.69, 9.17) is 0 Å². The molecular formula is C14H21N3O. The third kappa shape index (κ3) is 2.75. The standard InChI is InChI=1S/C14H21N3O/c1-3-17(4-2)14(18)16-12-9-11-7-5-6-8-13(11)15-10-12/h5-8,12,15H,3-4,9-10H2,1-2H3,(H,16,18). The molecule has 1 aromatic carbocycles. The lowest BCUT2D eigenvalue weighted by Crippen LogP contribution is -2.49. The van der Waals surface area contributed by atoms with Crippen LogP contribution in [0.2, 0.25) is 0 Å². The Morgan fingerprint density at radius 3 is 2.83 bits per heavy atom. The average molecular weight is 247 g/mol. The highest BCUT2D eigenvalue weighted by Gasteiger charge is 2.20. The maximum atomic E-state index is 12.0. The molecule has 1 aliphatic rings. The maximum absolute atomic E-state index is 12.0. The molecule has 0 saturated heterocycles. The predicted molar refractivity (Wildman–Crippen MR) is 73.9 cm³/mol. The molecule has 1 heterocycles. The molecule has 98 valence electrons. The van der Waals surface area contributed by atoms with Gasteiger partial charge in [-0.25, -0.2) is 4.79 Å². The first-order chi connectivity index (χ1) is 8.74. The Kier molecular flexibility index (Phi) is 4.07. The molecular weight excluding hydrogens is 226 g/mol. The van der Waals surface area contributed by atoms with Crippen molar-refractivity contribution in [1.82, 2.24) is 10.2 Å². The van der Waals surface area contributed by atoms with Crippen LogP contribution in [0.3, 0.4) is 0 Å². The molecule has 0 fully saturated rings. The number of hydrogen-bond acceptors (Lipinski definition) is 2. The van der Waals surface area contributed by atoms with Gasteiger partial charge in [0.1, 0.15) is 0 Å². The zero-order valence-electron chi connectivity index (χ0n) is 11.1. The summed E-state index contributed by atoms with van der Waals surface area (Å²) >= 11 is 0. The van der Waals surface area contributed by atoms with Crippen molar-refractivity contribution < 1.29 is 4.79 Å². The number of rotatable bonds is 3. The van der Waals surface area contributed by atoms with Crippen molar-refractivity contribution in [2.24, 2.45) is 0 Å². The van der Waals surface area contributed by atoms with Gasteiger partial charge >= 0.3 is 6.03 Å². The smallest absolute Gasteiger partial charge is 0.317 e. The van der Waals surface area contributed by atoms with Gasteiger partial charge in [-0.05, 0) is 31.9 Å². The number of fused-ring (bicyclic) bond motifs is 1. The minimum atomic E-state index is 0.0335. The van der Waals surface area contributed by atoms with E-state index in [1.807, 2.05) is 26.0 Å². The lowest BCUT2D eigenvalue weighted by atomic mass is 10.00. The van der Waals surface area contributed by atoms with Crippen LogP contribution in [0.25, 0.3) is 0 Å². The SMILES string of the molecule is CCN(CC)C(=O)NC1CNc2ccccc2C1. The highest BCUT2D eigenvalue weighted by Crippen LogP contribution is 2.20. The van der Waals surface area contributed by atoms with E-state index < -0.39 is 0 Å². The number of carbonyl (C=O) groups is 1. The third-order valence-electron chi connectivity index (χ3n) is 3.40. The van der Waals surface area contributed by atoms with Crippen molar-refractivity contribution in [1.29, 1.82) is 0 Å². The number of para-hydroxylation sites is 1. The largest absolute Gasteiger partial charge is 0.383 e. The third-order valence-corrected chi connectivity index (χ3v) is 3.40. The molecule has 0 aliphatic carbocycles. The summed E-state index contributed by atoms with van der Waals surface area (Å²) in [6, 6.07) is 8.46. The first-order valence-corrected chi connectivity index (χ1v) is 6.61. The van der Waals surface area contributed by atoms with E-state index in [0.717, 1.165) is 26.1 Å². The van der Waals surface area contributed by atoms with E-state index in [1.54, 1.807) is 4.90 Å². The molecule has 4 heteroatoms. The molecule has 1 unspecified atom stereocenters. The van der Waals surface area contributed by atoms with Crippen LogP contribution < -0.4 is 10.6 Å². The van der Waals surface area contributed by atoms with Gasteiger partial charge in [-0.3, -0.25) is 0 Å². The fourth-order valence-corrected chi connectivity index (χ4v) is 2.32. The van der Waals surface area contributed by atoms with Gasteiger partial charge in [0.05, 0.1) is 6.04 Å². The van der Waals surface area contributed by atoms with Crippen molar-refractivity contribution in [2.75, 3.05) is 25.0 Å². The van der Waals surface area contributed by atoms with Gasteiger partial charge in [0.15, 0.2) is 0 Å². The second kappa shape index (κ2) is 5.76. The number of benzene rings is 1. The summed E-state index contributed by atoms with van der Waals surface area (Å²) < 4.78 is 0. The predicted octanol–water partition coefficient (Wildman–Crippen LogP) is 2.07. The maximum Gasteiger partial charge on any atom is 0.317 e. The summed E-state index contributed by atoms with van der Waals surface area (Å²) in [5.74, 6) is 0. The van der Waals surface area contributed by atoms with Crippen LogP contribution in [0.15, 0.2) is 24.3 Å². The van der Waals surface area contributed by atoms with Crippen LogP contribution in [-0.2, 0) is 6.42 Å².